The summed E-state index contributed by atoms with van der Waals surface area (Å²) in [6.45, 7) is 4.39. The number of nitrogens with one attached hydrogen (secondary N) is 1. The van der Waals surface area contributed by atoms with E-state index >= 15 is 0 Å². The molecule has 0 aromatic carbocycles. The maximum Gasteiger partial charge on any atom is 0.235 e. The summed E-state index contributed by atoms with van der Waals surface area (Å²) in [5, 5.41) is 6.32. The molecule has 0 saturated carbocycles. The normalized spacial score (nSPS) is 18.9. The number of hydrogen-bond donors (Lipinski definition) is 1. The number of nitrogens with zero attached hydrogens (tertiary/aromatic N) is 1. The van der Waals surface area contributed by atoms with Crippen molar-refractivity contribution in [3.05, 3.63) is 17.0 Å². The summed E-state index contributed by atoms with van der Waals surface area (Å²) in [4.78, 5) is 11.7. The molecule has 2 rings (SSSR count). The predicted molar refractivity (Wildman–Crippen MR) is 75.5 cm³/mol. The van der Waals surface area contributed by atoms with Crippen LogP contribution in [0.2, 0.25) is 0 Å². The van der Waals surface area contributed by atoms with E-state index in [1.807, 2.05) is 0 Å². The first-order chi connectivity index (χ1) is 9.87. The molecule has 21 heavy (non-hydrogen) atoms. The SMILES string of the molecule is Cc1noc(C)c1CS(=O)(=O)CC(=O)NCC1CCCO1. The minimum atomic E-state index is -3.55. The molecule has 1 atom stereocenters. The zero-order valence-corrected chi connectivity index (χ0v) is 13.0. The van der Waals surface area contributed by atoms with Crippen LogP contribution < -0.4 is 5.32 Å². The summed E-state index contributed by atoms with van der Waals surface area (Å²) in [6.07, 6.45) is 1.87. The highest BCUT2D eigenvalue weighted by molar-refractivity contribution is 7.91. The van der Waals surface area contributed by atoms with E-state index in [4.69, 9.17) is 9.26 Å². The van der Waals surface area contributed by atoms with Gasteiger partial charge in [-0.05, 0) is 26.7 Å². The van der Waals surface area contributed by atoms with E-state index in [-0.39, 0.29) is 11.9 Å². The standard InChI is InChI=1S/C13H20N2O5S/c1-9-12(10(2)20-15-9)7-21(17,18)8-13(16)14-6-11-4-3-5-19-11/h11H,3-8H2,1-2H3,(H,14,16). The van der Waals surface area contributed by atoms with Gasteiger partial charge < -0.3 is 14.6 Å². The van der Waals surface area contributed by atoms with Crippen molar-refractivity contribution in [3.8, 4) is 0 Å². The Labute approximate surface area is 123 Å². The second-order valence-corrected chi connectivity index (χ2v) is 7.34. The zero-order valence-electron chi connectivity index (χ0n) is 12.2. The fourth-order valence-corrected chi connectivity index (χ4v) is 3.72. The second-order valence-electron chi connectivity index (χ2n) is 5.27. The van der Waals surface area contributed by atoms with E-state index in [2.05, 4.69) is 10.5 Å². The van der Waals surface area contributed by atoms with Gasteiger partial charge in [-0.25, -0.2) is 8.42 Å². The summed E-state index contributed by atoms with van der Waals surface area (Å²) in [5.41, 5.74) is 1.07. The molecular formula is C13H20N2O5S. The van der Waals surface area contributed by atoms with Crippen molar-refractivity contribution in [3.63, 3.8) is 0 Å². The maximum atomic E-state index is 12.0. The van der Waals surface area contributed by atoms with Gasteiger partial charge in [0.1, 0.15) is 11.5 Å². The first kappa shape index (κ1) is 16.0. The van der Waals surface area contributed by atoms with Gasteiger partial charge in [0.25, 0.3) is 0 Å². The molecule has 118 valence electrons. The van der Waals surface area contributed by atoms with Crippen molar-refractivity contribution >= 4 is 15.7 Å². The fourth-order valence-electron chi connectivity index (χ4n) is 2.26. The molecule has 0 radical (unpaired) electrons. The first-order valence-corrected chi connectivity index (χ1v) is 8.70. The molecule has 7 nitrogen and oxygen atoms in total. The third-order valence-electron chi connectivity index (χ3n) is 3.45. The second kappa shape index (κ2) is 6.57. The molecular weight excluding hydrogens is 296 g/mol. The molecule has 1 aromatic heterocycles. The van der Waals surface area contributed by atoms with Gasteiger partial charge >= 0.3 is 0 Å². The monoisotopic (exact) mass is 316 g/mol. The Balaban J connectivity index is 1.86. The summed E-state index contributed by atoms with van der Waals surface area (Å²) >= 11 is 0. The minimum Gasteiger partial charge on any atom is -0.376 e. The fraction of sp³-hybridized carbons (Fsp3) is 0.692. The highest BCUT2D eigenvalue weighted by atomic mass is 32.2. The Hall–Kier alpha value is -1.41. The molecule has 1 aliphatic rings. The van der Waals surface area contributed by atoms with Crippen molar-refractivity contribution in [2.24, 2.45) is 0 Å². The number of ether oxygens (including phenoxy) is 1. The maximum absolute atomic E-state index is 12.0. The van der Waals surface area contributed by atoms with Gasteiger partial charge in [0.2, 0.25) is 5.91 Å². The smallest absolute Gasteiger partial charge is 0.235 e. The van der Waals surface area contributed by atoms with E-state index < -0.39 is 21.5 Å². The molecule has 1 aliphatic heterocycles. The van der Waals surface area contributed by atoms with Crippen molar-refractivity contribution in [2.45, 2.75) is 38.5 Å². The van der Waals surface area contributed by atoms with Crippen molar-refractivity contribution in [2.75, 3.05) is 18.9 Å². The molecule has 1 unspecified atom stereocenters. The van der Waals surface area contributed by atoms with Crippen molar-refractivity contribution in [1.82, 2.24) is 10.5 Å². The number of aromatic nitrogens is 1. The Morgan fingerprint density at radius 1 is 1.43 bits per heavy atom. The summed E-state index contributed by atoms with van der Waals surface area (Å²) in [6, 6.07) is 0. The lowest BCUT2D eigenvalue weighted by atomic mass is 10.2. The Morgan fingerprint density at radius 2 is 2.19 bits per heavy atom. The largest absolute Gasteiger partial charge is 0.376 e. The molecule has 1 fully saturated rings. The number of rotatable bonds is 6. The summed E-state index contributed by atoms with van der Waals surface area (Å²) < 4.78 is 34.4. The van der Waals surface area contributed by atoms with E-state index in [1.54, 1.807) is 13.8 Å². The number of carbonyl (C=O) groups excluding carboxylic acids is 1. The van der Waals surface area contributed by atoms with Crippen LogP contribution in [0.5, 0.6) is 0 Å². The van der Waals surface area contributed by atoms with E-state index in [9.17, 15) is 13.2 Å². The van der Waals surface area contributed by atoms with Crippen molar-refractivity contribution in [1.29, 1.82) is 0 Å². The van der Waals surface area contributed by atoms with Crippen LogP contribution in [0, 0.1) is 13.8 Å². The molecule has 1 saturated heterocycles. The first-order valence-electron chi connectivity index (χ1n) is 6.88. The predicted octanol–water partition coefficient (Wildman–Crippen LogP) is 0.501. The van der Waals surface area contributed by atoms with Crippen LogP contribution in [0.4, 0.5) is 0 Å². The van der Waals surface area contributed by atoms with Gasteiger partial charge in [-0.3, -0.25) is 4.79 Å². The summed E-state index contributed by atoms with van der Waals surface area (Å²) in [5.74, 6) is -0.807. The Kier molecular flexibility index (Phi) is 5.00. The lowest BCUT2D eigenvalue weighted by molar-refractivity contribution is -0.119. The summed E-state index contributed by atoms with van der Waals surface area (Å²) in [7, 11) is -3.55. The average molecular weight is 316 g/mol. The number of sulfone groups is 1. The third-order valence-corrected chi connectivity index (χ3v) is 4.88. The van der Waals surface area contributed by atoms with Crippen LogP contribution >= 0.6 is 0 Å². The topological polar surface area (TPSA) is 98.5 Å². The van der Waals surface area contributed by atoms with Gasteiger partial charge in [-0.1, -0.05) is 5.16 Å². The van der Waals surface area contributed by atoms with Gasteiger partial charge in [0, 0.05) is 18.7 Å². The van der Waals surface area contributed by atoms with Gasteiger partial charge in [-0.2, -0.15) is 0 Å². The molecule has 8 heteroatoms. The molecule has 1 amide bonds. The Bertz CT molecular complexity index is 583. The van der Waals surface area contributed by atoms with Crippen LogP contribution in [0.3, 0.4) is 0 Å². The molecule has 2 heterocycles. The molecule has 0 bridgehead atoms. The number of carbonyl (C=O) groups is 1. The molecule has 0 aliphatic carbocycles. The number of amides is 1. The van der Waals surface area contributed by atoms with Crippen LogP contribution in [0.1, 0.15) is 29.9 Å². The van der Waals surface area contributed by atoms with Gasteiger partial charge in [0.05, 0.1) is 17.6 Å². The van der Waals surface area contributed by atoms with Crippen LogP contribution in [-0.2, 0) is 25.1 Å². The number of hydrogen-bond acceptors (Lipinski definition) is 6. The lowest BCUT2D eigenvalue weighted by Crippen LogP contribution is -2.36. The van der Waals surface area contributed by atoms with Crippen LogP contribution in [0.15, 0.2) is 4.52 Å². The Morgan fingerprint density at radius 3 is 2.76 bits per heavy atom. The van der Waals surface area contributed by atoms with E-state index in [0.29, 0.717) is 30.2 Å². The minimum absolute atomic E-state index is 0.000725. The highest BCUT2D eigenvalue weighted by Gasteiger charge is 2.23. The molecule has 1 N–H and O–H groups in total. The average Bonchev–Trinajstić information content (AvgIpc) is 3.01. The van der Waals surface area contributed by atoms with Crippen LogP contribution in [0.25, 0.3) is 0 Å². The quantitative estimate of drug-likeness (QED) is 0.820. The molecule has 1 aromatic rings. The zero-order chi connectivity index (χ0) is 15.5. The third kappa shape index (κ3) is 4.53. The van der Waals surface area contributed by atoms with E-state index in [1.165, 1.54) is 0 Å². The van der Waals surface area contributed by atoms with Gasteiger partial charge in [0.15, 0.2) is 9.84 Å². The van der Waals surface area contributed by atoms with Gasteiger partial charge in [-0.15, -0.1) is 0 Å². The lowest BCUT2D eigenvalue weighted by Gasteiger charge is -2.11. The van der Waals surface area contributed by atoms with Crippen molar-refractivity contribution < 1.29 is 22.5 Å². The van der Waals surface area contributed by atoms with Crippen LogP contribution in [-0.4, -0.2) is 44.5 Å². The highest BCUT2D eigenvalue weighted by Crippen LogP contribution is 2.16. The van der Waals surface area contributed by atoms with E-state index in [0.717, 1.165) is 12.8 Å². The number of aryl methyl sites for hydroxylation is 2. The molecule has 0 spiro atoms.